The molecule has 0 aromatic carbocycles. The van der Waals surface area contributed by atoms with Gasteiger partial charge in [-0.15, -0.1) is 11.6 Å². The SMILES string of the molecule is O=C1NC(=O)[C@@H]2CN(C(=O)CCl)C[C@H]12. The monoisotopic (exact) mass is 216 g/mol. The molecule has 0 aromatic rings. The first-order chi connectivity index (χ1) is 6.63. The Morgan fingerprint density at radius 1 is 1.36 bits per heavy atom. The summed E-state index contributed by atoms with van der Waals surface area (Å²) >= 11 is 5.38. The third kappa shape index (κ3) is 1.28. The van der Waals surface area contributed by atoms with Crippen molar-refractivity contribution in [3.63, 3.8) is 0 Å². The average molecular weight is 217 g/mol. The van der Waals surface area contributed by atoms with Crippen LogP contribution in [0.15, 0.2) is 0 Å². The van der Waals surface area contributed by atoms with Crippen LogP contribution in [0, 0.1) is 11.8 Å². The molecule has 0 aliphatic carbocycles. The molecule has 2 rings (SSSR count). The summed E-state index contributed by atoms with van der Waals surface area (Å²) in [4.78, 5) is 35.1. The van der Waals surface area contributed by atoms with Gasteiger partial charge in [0.25, 0.3) is 0 Å². The van der Waals surface area contributed by atoms with Crippen molar-refractivity contribution < 1.29 is 14.4 Å². The molecule has 0 aromatic heterocycles. The fourth-order valence-corrected chi connectivity index (χ4v) is 2.10. The van der Waals surface area contributed by atoms with Crippen LogP contribution in [0.5, 0.6) is 0 Å². The van der Waals surface area contributed by atoms with Gasteiger partial charge >= 0.3 is 0 Å². The zero-order valence-electron chi connectivity index (χ0n) is 7.33. The number of likely N-dealkylation sites (tertiary alicyclic amines) is 1. The lowest BCUT2D eigenvalue weighted by atomic mass is 10.00. The lowest BCUT2D eigenvalue weighted by Gasteiger charge is -2.14. The molecule has 14 heavy (non-hydrogen) atoms. The Balaban J connectivity index is 2.11. The van der Waals surface area contributed by atoms with Gasteiger partial charge in [-0.1, -0.05) is 0 Å². The number of halogens is 1. The third-order valence-corrected chi connectivity index (χ3v) is 2.94. The van der Waals surface area contributed by atoms with Crippen LogP contribution in [0.3, 0.4) is 0 Å². The number of amides is 3. The molecule has 2 heterocycles. The van der Waals surface area contributed by atoms with Crippen LogP contribution in [0.1, 0.15) is 0 Å². The quantitative estimate of drug-likeness (QED) is 0.450. The number of alkyl halides is 1. The Kier molecular flexibility index (Phi) is 2.19. The number of carbonyl (C=O) groups is 3. The topological polar surface area (TPSA) is 66.5 Å². The first kappa shape index (κ1) is 9.45. The summed E-state index contributed by atoms with van der Waals surface area (Å²) in [5.41, 5.74) is 0. The highest BCUT2D eigenvalue weighted by atomic mass is 35.5. The van der Waals surface area contributed by atoms with E-state index in [1.54, 1.807) is 0 Å². The molecule has 0 bridgehead atoms. The van der Waals surface area contributed by atoms with E-state index in [9.17, 15) is 14.4 Å². The van der Waals surface area contributed by atoms with Crippen molar-refractivity contribution in [2.24, 2.45) is 11.8 Å². The molecule has 6 heteroatoms. The molecule has 2 saturated heterocycles. The molecule has 76 valence electrons. The molecule has 2 fully saturated rings. The number of rotatable bonds is 1. The van der Waals surface area contributed by atoms with Gasteiger partial charge in [-0.2, -0.15) is 0 Å². The van der Waals surface area contributed by atoms with Crippen molar-refractivity contribution >= 4 is 29.3 Å². The Bertz CT molecular complexity index is 296. The lowest BCUT2D eigenvalue weighted by molar-refractivity contribution is -0.129. The van der Waals surface area contributed by atoms with Gasteiger partial charge in [0.05, 0.1) is 11.8 Å². The van der Waals surface area contributed by atoms with Crippen LogP contribution in [-0.4, -0.2) is 41.6 Å². The van der Waals surface area contributed by atoms with Crippen molar-refractivity contribution in [2.75, 3.05) is 19.0 Å². The minimum Gasteiger partial charge on any atom is -0.340 e. The maximum Gasteiger partial charge on any atom is 0.237 e. The van der Waals surface area contributed by atoms with E-state index < -0.39 is 0 Å². The van der Waals surface area contributed by atoms with Gasteiger partial charge in [-0.05, 0) is 0 Å². The Morgan fingerprint density at radius 3 is 2.29 bits per heavy atom. The normalized spacial score (nSPS) is 30.5. The van der Waals surface area contributed by atoms with Crippen LogP contribution in [0.2, 0.25) is 0 Å². The fraction of sp³-hybridized carbons (Fsp3) is 0.625. The van der Waals surface area contributed by atoms with E-state index in [-0.39, 0.29) is 35.4 Å². The Labute approximate surface area is 85.4 Å². The summed E-state index contributed by atoms with van der Waals surface area (Å²) in [5.74, 6) is -1.60. The van der Waals surface area contributed by atoms with Crippen LogP contribution in [0.25, 0.3) is 0 Å². The average Bonchev–Trinajstić information content (AvgIpc) is 2.69. The number of imide groups is 1. The maximum absolute atomic E-state index is 11.2. The van der Waals surface area contributed by atoms with E-state index in [0.29, 0.717) is 13.1 Å². The summed E-state index contributed by atoms with van der Waals surface area (Å²) in [6.07, 6.45) is 0. The molecule has 3 amide bonds. The molecular weight excluding hydrogens is 208 g/mol. The molecule has 0 unspecified atom stereocenters. The Morgan fingerprint density at radius 2 is 1.86 bits per heavy atom. The van der Waals surface area contributed by atoms with Crippen LogP contribution in [0.4, 0.5) is 0 Å². The largest absolute Gasteiger partial charge is 0.340 e. The number of hydrogen-bond donors (Lipinski definition) is 1. The molecule has 2 atom stereocenters. The van der Waals surface area contributed by atoms with Gasteiger partial charge < -0.3 is 4.90 Å². The number of carbonyl (C=O) groups excluding carboxylic acids is 3. The second-order valence-electron chi connectivity index (χ2n) is 3.50. The second kappa shape index (κ2) is 3.24. The molecule has 0 spiro atoms. The number of nitrogens with zero attached hydrogens (tertiary/aromatic N) is 1. The van der Waals surface area contributed by atoms with Crippen LogP contribution < -0.4 is 5.32 Å². The molecule has 0 saturated carbocycles. The highest BCUT2D eigenvalue weighted by molar-refractivity contribution is 6.27. The molecule has 1 N–H and O–H groups in total. The van der Waals surface area contributed by atoms with E-state index >= 15 is 0 Å². The molecule has 0 radical (unpaired) electrons. The number of fused-ring (bicyclic) bond motifs is 1. The van der Waals surface area contributed by atoms with Gasteiger partial charge in [-0.25, -0.2) is 0 Å². The maximum atomic E-state index is 11.2. The zero-order valence-corrected chi connectivity index (χ0v) is 8.08. The first-order valence-corrected chi connectivity index (χ1v) is 4.85. The molecule has 5 nitrogen and oxygen atoms in total. The highest BCUT2D eigenvalue weighted by Gasteiger charge is 2.48. The van der Waals surface area contributed by atoms with Gasteiger partial charge in [0, 0.05) is 13.1 Å². The summed E-state index contributed by atoms with van der Waals surface area (Å²) in [5, 5.41) is 2.25. The van der Waals surface area contributed by atoms with Gasteiger partial charge in [0.1, 0.15) is 5.88 Å². The second-order valence-corrected chi connectivity index (χ2v) is 3.77. The number of hydrogen-bond acceptors (Lipinski definition) is 3. The van der Waals surface area contributed by atoms with Crippen molar-refractivity contribution in [3.05, 3.63) is 0 Å². The Hall–Kier alpha value is -1.10. The standard InChI is InChI=1S/C8H9ClN2O3/c9-1-6(12)11-2-4-5(3-11)8(14)10-7(4)13/h4-5H,1-3H2,(H,10,13,14)/t4-,5+. The summed E-state index contributed by atoms with van der Waals surface area (Å²) in [7, 11) is 0. The first-order valence-electron chi connectivity index (χ1n) is 4.32. The van der Waals surface area contributed by atoms with Crippen LogP contribution >= 0.6 is 11.6 Å². The lowest BCUT2D eigenvalue weighted by Crippen LogP contribution is -2.35. The van der Waals surface area contributed by atoms with E-state index in [1.807, 2.05) is 0 Å². The van der Waals surface area contributed by atoms with E-state index in [0.717, 1.165) is 0 Å². The minimum atomic E-state index is -0.366. The zero-order chi connectivity index (χ0) is 10.3. The van der Waals surface area contributed by atoms with Gasteiger partial charge in [-0.3, -0.25) is 19.7 Å². The predicted octanol–water partition coefficient (Wildman–Crippen LogP) is -1.04. The van der Waals surface area contributed by atoms with Gasteiger partial charge in [0.15, 0.2) is 0 Å². The third-order valence-electron chi connectivity index (χ3n) is 2.71. The van der Waals surface area contributed by atoms with E-state index in [2.05, 4.69) is 5.32 Å². The summed E-state index contributed by atoms with van der Waals surface area (Å²) in [6.45, 7) is 0.627. The predicted molar refractivity (Wildman–Crippen MR) is 47.4 cm³/mol. The van der Waals surface area contributed by atoms with E-state index in [1.165, 1.54) is 4.90 Å². The molecular formula is C8H9ClN2O3. The van der Waals surface area contributed by atoms with Crippen molar-refractivity contribution in [2.45, 2.75) is 0 Å². The smallest absolute Gasteiger partial charge is 0.237 e. The molecule has 2 aliphatic rings. The van der Waals surface area contributed by atoms with Crippen molar-refractivity contribution in [1.82, 2.24) is 10.2 Å². The summed E-state index contributed by atoms with van der Waals surface area (Å²) in [6, 6.07) is 0. The molecule has 2 aliphatic heterocycles. The van der Waals surface area contributed by atoms with Gasteiger partial charge in [0.2, 0.25) is 17.7 Å². The fourth-order valence-electron chi connectivity index (χ4n) is 1.93. The van der Waals surface area contributed by atoms with Crippen LogP contribution in [-0.2, 0) is 14.4 Å². The highest BCUT2D eigenvalue weighted by Crippen LogP contribution is 2.28. The minimum absolute atomic E-state index is 0.102. The number of nitrogens with one attached hydrogen (secondary N) is 1. The van der Waals surface area contributed by atoms with Crippen molar-refractivity contribution in [1.29, 1.82) is 0 Å². The summed E-state index contributed by atoms with van der Waals surface area (Å²) < 4.78 is 0. The van der Waals surface area contributed by atoms with Crippen molar-refractivity contribution in [3.8, 4) is 0 Å². The van der Waals surface area contributed by atoms with E-state index in [4.69, 9.17) is 11.6 Å².